The average Bonchev–Trinajstić information content (AvgIpc) is 2.74. The van der Waals surface area contributed by atoms with Crippen LogP contribution >= 0.6 is 0 Å². The molecule has 2 N–H and O–H groups in total. The molecule has 1 aromatic rings. The second-order valence-corrected chi connectivity index (χ2v) is 4.43. The normalized spacial score (nSPS) is 12.8. The summed E-state index contributed by atoms with van der Waals surface area (Å²) in [6, 6.07) is 0.0944. The number of esters is 1. The van der Waals surface area contributed by atoms with E-state index in [1.165, 1.54) is 6.20 Å². The number of aromatic nitrogens is 2. The van der Waals surface area contributed by atoms with E-state index in [4.69, 9.17) is 10.5 Å². The lowest BCUT2D eigenvalue weighted by molar-refractivity contribution is 0.0510. The minimum Gasteiger partial charge on any atom is -0.461 e. The lowest BCUT2D eigenvalue weighted by Gasteiger charge is -2.20. The van der Waals surface area contributed by atoms with Gasteiger partial charge in [-0.25, -0.2) is 9.78 Å². The van der Waals surface area contributed by atoms with Gasteiger partial charge in [-0.05, 0) is 19.3 Å². The topological polar surface area (TPSA) is 70.1 Å². The lowest BCUT2D eigenvalue weighted by atomic mass is 10.0. The third-order valence-corrected chi connectivity index (χ3v) is 2.56. The van der Waals surface area contributed by atoms with E-state index in [0.717, 1.165) is 6.42 Å². The molecule has 5 heteroatoms. The number of rotatable bonds is 6. The summed E-state index contributed by atoms with van der Waals surface area (Å²) < 4.78 is 6.80. The largest absolute Gasteiger partial charge is 0.461 e. The molecule has 0 fully saturated rings. The minimum absolute atomic E-state index is 0.0944. The van der Waals surface area contributed by atoms with Gasteiger partial charge in [-0.2, -0.15) is 0 Å². The fraction of sp³-hybridized carbons (Fsp3) is 0.667. The van der Waals surface area contributed by atoms with Gasteiger partial charge in [0.05, 0.1) is 19.1 Å². The van der Waals surface area contributed by atoms with Crippen LogP contribution in [-0.2, 0) is 4.74 Å². The third kappa shape index (κ3) is 3.56. The number of hydrogen-bond donors (Lipinski definition) is 1. The Bertz CT molecular complexity index is 360. The number of carbonyl (C=O) groups excluding carboxylic acids is 1. The van der Waals surface area contributed by atoms with E-state index in [0.29, 0.717) is 24.8 Å². The van der Waals surface area contributed by atoms with Crippen molar-refractivity contribution < 1.29 is 9.53 Å². The zero-order valence-electron chi connectivity index (χ0n) is 10.7. The molecule has 5 nitrogen and oxygen atoms in total. The molecule has 0 radical (unpaired) electrons. The van der Waals surface area contributed by atoms with Crippen molar-refractivity contribution in [3.05, 3.63) is 18.2 Å². The van der Waals surface area contributed by atoms with Gasteiger partial charge in [-0.15, -0.1) is 0 Å². The van der Waals surface area contributed by atoms with Crippen molar-refractivity contribution in [3.8, 4) is 0 Å². The highest BCUT2D eigenvalue weighted by molar-refractivity contribution is 5.87. The van der Waals surface area contributed by atoms with Crippen molar-refractivity contribution in [2.45, 2.75) is 33.2 Å². The molecule has 1 rings (SSSR count). The Morgan fingerprint density at radius 3 is 2.82 bits per heavy atom. The number of ether oxygens (including phenoxy) is 1. The van der Waals surface area contributed by atoms with Gasteiger partial charge in [0.1, 0.15) is 5.69 Å². The summed E-state index contributed by atoms with van der Waals surface area (Å²) in [6.07, 6.45) is 4.09. The van der Waals surface area contributed by atoms with Crippen LogP contribution in [0.2, 0.25) is 0 Å². The van der Waals surface area contributed by atoms with Crippen molar-refractivity contribution >= 4 is 5.97 Å². The molecule has 1 heterocycles. The van der Waals surface area contributed by atoms with Gasteiger partial charge in [0, 0.05) is 12.6 Å². The van der Waals surface area contributed by atoms with E-state index >= 15 is 0 Å². The Hall–Kier alpha value is -1.36. The molecule has 0 aromatic carbocycles. The maximum atomic E-state index is 11.7. The Balaban J connectivity index is 2.88. The minimum atomic E-state index is -0.341. The zero-order valence-corrected chi connectivity index (χ0v) is 10.7. The highest BCUT2D eigenvalue weighted by Gasteiger charge is 2.19. The van der Waals surface area contributed by atoms with Crippen LogP contribution in [0, 0.1) is 5.92 Å². The maximum Gasteiger partial charge on any atom is 0.356 e. The van der Waals surface area contributed by atoms with E-state index in [1.54, 1.807) is 13.3 Å². The maximum absolute atomic E-state index is 11.7. The van der Waals surface area contributed by atoms with Gasteiger partial charge in [0.2, 0.25) is 0 Å². The lowest BCUT2D eigenvalue weighted by Crippen LogP contribution is -2.24. The molecule has 0 saturated heterocycles. The second-order valence-electron chi connectivity index (χ2n) is 4.43. The molecule has 0 aliphatic rings. The summed E-state index contributed by atoms with van der Waals surface area (Å²) in [7, 11) is 0. The fourth-order valence-electron chi connectivity index (χ4n) is 1.83. The highest BCUT2D eigenvalue weighted by atomic mass is 16.5. The molecule has 1 unspecified atom stereocenters. The molecule has 0 aliphatic heterocycles. The number of carbonyl (C=O) groups is 1. The predicted molar refractivity (Wildman–Crippen MR) is 65.7 cm³/mol. The summed E-state index contributed by atoms with van der Waals surface area (Å²) in [4.78, 5) is 15.7. The Morgan fingerprint density at radius 1 is 1.59 bits per heavy atom. The molecule has 17 heavy (non-hydrogen) atoms. The molecule has 96 valence electrons. The first kappa shape index (κ1) is 13.7. The Kier molecular flexibility index (Phi) is 5.15. The van der Waals surface area contributed by atoms with Gasteiger partial charge >= 0.3 is 5.97 Å². The van der Waals surface area contributed by atoms with Gasteiger partial charge in [0.25, 0.3) is 0 Å². The van der Waals surface area contributed by atoms with Crippen molar-refractivity contribution in [3.63, 3.8) is 0 Å². The van der Waals surface area contributed by atoms with Crippen molar-refractivity contribution in [1.29, 1.82) is 0 Å². The molecule has 0 bridgehead atoms. The molecule has 0 spiro atoms. The first-order chi connectivity index (χ1) is 8.10. The van der Waals surface area contributed by atoms with E-state index in [1.807, 2.05) is 4.57 Å². The summed E-state index contributed by atoms with van der Waals surface area (Å²) >= 11 is 0. The Morgan fingerprint density at radius 2 is 2.29 bits per heavy atom. The summed E-state index contributed by atoms with van der Waals surface area (Å²) in [6.45, 7) is 6.89. The monoisotopic (exact) mass is 239 g/mol. The quantitative estimate of drug-likeness (QED) is 0.765. The Labute approximate surface area is 102 Å². The van der Waals surface area contributed by atoms with Crippen molar-refractivity contribution in [2.75, 3.05) is 13.2 Å². The van der Waals surface area contributed by atoms with Crippen LogP contribution in [0.4, 0.5) is 0 Å². The second kappa shape index (κ2) is 6.39. The highest BCUT2D eigenvalue weighted by Crippen LogP contribution is 2.18. The number of nitrogens with two attached hydrogens (primary N) is 1. The molecular formula is C12H21N3O2. The molecular weight excluding hydrogens is 218 g/mol. The summed E-state index contributed by atoms with van der Waals surface area (Å²) in [5, 5.41) is 0. The van der Waals surface area contributed by atoms with Crippen molar-refractivity contribution in [2.24, 2.45) is 11.7 Å². The predicted octanol–water partition coefficient (Wildman–Crippen LogP) is 1.61. The average molecular weight is 239 g/mol. The van der Waals surface area contributed by atoms with Crippen LogP contribution in [0.5, 0.6) is 0 Å². The van der Waals surface area contributed by atoms with Crippen molar-refractivity contribution in [1.82, 2.24) is 9.55 Å². The van der Waals surface area contributed by atoms with Gasteiger partial charge < -0.3 is 15.0 Å². The van der Waals surface area contributed by atoms with Gasteiger partial charge in [0.15, 0.2) is 0 Å². The number of nitrogens with zero attached hydrogens (tertiary/aromatic N) is 2. The molecule has 1 atom stereocenters. The first-order valence-corrected chi connectivity index (χ1v) is 5.99. The SMILES string of the molecule is CCOC(=O)c1cncn1C(CN)CC(C)C. The van der Waals surface area contributed by atoms with Crippen LogP contribution in [0.25, 0.3) is 0 Å². The zero-order chi connectivity index (χ0) is 12.8. The molecule has 0 saturated carbocycles. The van der Waals surface area contributed by atoms with Crippen LogP contribution < -0.4 is 5.73 Å². The smallest absolute Gasteiger partial charge is 0.356 e. The van der Waals surface area contributed by atoms with E-state index in [-0.39, 0.29) is 12.0 Å². The van der Waals surface area contributed by atoms with E-state index in [9.17, 15) is 4.79 Å². The van der Waals surface area contributed by atoms with E-state index < -0.39 is 0 Å². The third-order valence-electron chi connectivity index (χ3n) is 2.56. The fourth-order valence-corrected chi connectivity index (χ4v) is 1.83. The number of hydrogen-bond acceptors (Lipinski definition) is 4. The summed E-state index contributed by atoms with van der Waals surface area (Å²) in [5.74, 6) is 0.174. The van der Waals surface area contributed by atoms with Crippen LogP contribution in [0.1, 0.15) is 43.7 Å². The van der Waals surface area contributed by atoms with Gasteiger partial charge in [-0.1, -0.05) is 13.8 Å². The first-order valence-electron chi connectivity index (χ1n) is 5.99. The molecule has 1 aromatic heterocycles. The molecule has 0 amide bonds. The molecule has 0 aliphatic carbocycles. The summed E-state index contributed by atoms with van der Waals surface area (Å²) in [5.41, 5.74) is 6.23. The standard InChI is InChI=1S/C12H21N3O2/c1-4-17-12(16)11-7-14-8-15(11)10(6-13)5-9(2)3/h7-10H,4-6,13H2,1-3H3. The number of imidazole rings is 1. The van der Waals surface area contributed by atoms with E-state index in [2.05, 4.69) is 18.8 Å². The van der Waals surface area contributed by atoms with Gasteiger partial charge in [-0.3, -0.25) is 0 Å². The van der Waals surface area contributed by atoms with Crippen LogP contribution in [0.3, 0.4) is 0 Å². The van der Waals surface area contributed by atoms with Crippen LogP contribution in [0.15, 0.2) is 12.5 Å². The van der Waals surface area contributed by atoms with Crippen LogP contribution in [-0.4, -0.2) is 28.7 Å².